The van der Waals surface area contributed by atoms with Crippen LogP contribution in [0.3, 0.4) is 0 Å². The summed E-state index contributed by atoms with van der Waals surface area (Å²) in [7, 11) is 0. The molecule has 3 aromatic carbocycles. The molecule has 156 valence electrons. The summed E-state index contributed by atoms with van der Waals surface area (Å²) < 4.78 is 18.9. The fourth-order valence-corrected chi connectivity index (χ4v) is 3.95. The van der Waals surface area contributed by atoms with Gasteiger partial charge in [-0.3, -0.25) is 4.79 Å². The van der Waals surface area contributed by atoms with Gasteiger partial charge in [0.05, 0.1) is 20.6 Å². The van der Waals surface area contributed by atoms with E-state index in [1.54, 1.807) is 48.5 Å². The highest BCUT2D eigenvalue weighted by molar-refractivity contribution is 8.18. The lowest BCUT2D eigenvalue weighted by Crippen LogP contribution is -2.19. The lowest BCUT2D eigenvalue weighted by Gasteiger charge is -2.06. The zero-order valence-electron chi connectivity index (χ0n) is 15.9. The second-order valence-electron chi connectivity index (χ2n) is 6.54. The minimum Gasteiger partial charge on any atom is -0.489 e. The first kappa shape index (κ1) is 21.4. The maximum atomic E-state index is 13.2. The molecule has 1 amide bonds. The molecule has 0 aliphatic carbocycles. The molecule has 0 aromatic heterocycles. The molecule has 1 saturated heterocycles. The van der Waals surface area contributed by atoms with Gasteiger partial charge in [0.1, 0.15) is 18.2 Å². The molecule has 1 heterocycles. The number of benzene rings is 3. The zero-order chi connectivity index (χ0) is 21.8. The Balaban J connectivity index is 1.43. The van der Waals surface area contributed by atoms with Crippen molar-refractivity contribution in [3.8, 4) is 5.75 Å². The highest BCUT2D eigenvalue weighted by Crippen LogP contribution is 2.34. The molecular formula is C23H15Cl2FN2O2S. The van der Waals surface area contributed by atoms with Gasteiger partial charge in [-0.2, -0.15) is 0 Å². The Hall–Kier alpha value is -2.80. The first-order chi connectivity index (χ1) is 15.0. The lowest BCUT2D eigenvalue weighted by molar-refractivity contribution is -0.115. The van der Waals surface area contributed by atoms with Gasteiger partial charge in [-0.15, -0.1) is 0 Å². The minimum atomic E-state index is -0.295. The molecule has 3 aromatic rings. The summed E-state index contributed by atoms with van der Waals surface area (Å²) in [5.41, 5.74) is 2.06. The molecule has 0 spiro atoms. The number of ether oxygens (including phenoxy) is 1. The van der Waals surface area contributed by atoms with Gasteiger partial charge in [0.15, 0.2) is 5.17 Å². The summed E-state index contributed by atoms with van der Waals surface area (Å²) in [5, 5.41) is 3.88. The van der Waals surface area contributed by atoms with Crippen molar-refractivity contribution in [3.63, 3.8) is 0 Å². The molecule has 8 heteroatoms. The van der Waals surface area contributed by atoms with Crippen LogP contribution in [0.15, 0.2) is 76.6 Å². The molecular weight excluding hydrogens is 458 g/mol. The summed E-state index contributed by atoms with van der Waals surface area (Å²) in [6, 6.07) is 18.7. The average molecular weight is 473 g/mol. The molecule has 4 nitrogen and oxygen atoms in total. The number of rotatable bonds is 5. The van der Waals surface area contributed by atoms with Crippen LogP contribution in [0.25, 0.3) is 6.08 Å². The molecule has 1 aliphatic heterocycles. The number of aliphatic imine (C=N–C) groups is 1. The lowest BCUT2D eigenvalue weighted by atomic mass is 10.2. The average Bonchev–Trinajstić information content (AvgIpc) is 3.09. The van der Waals surface area contributed by atoms with E-state index < -0.39 is 0 Å². The summed E-state index contributed by atoms with van der Waals surface area (Å²) in [4.78, 5) is 17.2. The third-order valence-electron chi connectivity index (χ3n) is 4.28. The third-order valence-corrected chi connectivity index (χ3v) is 6.00. The summed E-state index contributed by atoms with van der Waals surface area (Å²) in [5.74, 6) is 0.108. The van der Waals surface area contributed by atoms with Gasteiger partial charge in [0.2, 0.25) is 0 Å². The minimum absolute atomic E-state index is 0.242. The van der Waals surface area contributed by atoms with Gasteiger partial charge in [0.25, 0.3) is 5.91 Å². The maximum absolute atomic E-state index is 13.2. The topological polar surface area (TPSA) is 50.7 Å². The van der Waals surface area contributed by atoms with E-state index in [0.29, 0.717) is 31.6 Å². The number of carbonyl (C=O) groups excluding carboxylic acids is 1. The first-order valence-electron chi connectivity index (χ1n) is 9.19. The fourth-order valence-electron chi connectivity index (χ4n) is 2.77. The number of nitrogens with one attached hydrogen (secondary N) is 1. The van der Waals surface area contributed by atoms with Crippen LogP contribution in [0.1, 0.15) is 11.1 Å². The number of halogens is 3. The van der Waals surface area contributed by atoms with Crippen molar-refractivity contribution in [2.24, 2.45) is 4.99 Å². The van der Waals surface area contributed by atoms with Crippen LogP contribution in [-0.4, -0.2) is 11.1 Å². The molecule has 0 unspecified atom stereocenters. The summed E-state index contributed by atoms with van der Waals surface area (Å²) in [6.45, 7) is 0.266. The number of nitrogens with zero attached hydrogens (tertiary/aromatic N) is 1. The first-order valence-corrected chi connectivity index (χ1v) is 10.8. The van der Waals surface area contributed by atoms with E-state index >= 15 is 0 Å². The van der Waals surface area contributed by atoms with Crippen molar-refractivity contribution in [2.45, 2.75) is 6.61 Å². The van der Waals surface area contributed by atoms with Crippen molar-refractivity contribution < 1.29 is 13.9 Å². The van der Waals surface area contributed by atoms with Gasteiger partial charge in [-0.05, 0) is 65.4 Å². The molecule has 0 atom stereocenters. The largest absolute Gasteiger partial charge is 0.489 e. The SMILES string of the molecule is O=C1NC(=Nc2cccc(Cl)c2Cl)S/C1=C\c1ccc(OCc2cccc(F)c2)cc1. The van der Waals surface area contributed by atoms with Gasteiger partial charge >= 0.3 is 0 Å². The Bertz CT molecular complexity index is 1200. The number of hydrogen-bond donors (Lipinski definition) is 1. The monoisotopic (exact) mass is 472 g/mol. The van der Waals surface area contributed by atoms with E-state index in [9.17, 15) is 9.18 Å². The highest BCUT2D eigenvalue weighted by Gasteiger charge is 2.24. The Kier molecular flexibility index (Phi) is 6.61. The van der Waals surface area contributed by atoms with Gasteiger partial charge in [-0.25, -0.2) is 9.38 Å². The molecule has 1 fully saturated rings. The maximum Gasteiger partial charge on any atom is 0.264 e. The molecule has 1 aliphatic rings. The van der Waals surface area contributed by atoms with E-state index in [2.05, 4.69) is 10.3 Å². The number of amides is 1. The predicted molar refractivity (Wildman–Crippen MR) is 124 cm³/mol. The van der Waals surface area contributed by atoms with Crippen molar-refractivity contribution >= 4 is 57.8 Å². The number of thioether (sulfide) groups is 1. The molecule has 0 bridgehead atoms. The van der Waals surface area contributed by atoms with Crippen LogP contribution in [0.4, 0.5) is 10.1 Å². The Labute approximate surface area is 192 Å². The quantitative estimate of drug-likeness (QED) is 0.425. The third kappa shape index (κ3) is 5.47. The van der Waals surface area contributed by atoms with E-state index in [-0.39, 0.29) is 18.3 Å². The Morgan fingerprint density at radius 3 is 2.61 bits per heavy atom. The highest BCUT2D eigenvalue weighted by atomic mass is 35.5. The molecule has 31 heavy (non-hydrogen) atoms. The van der Waals surface area contributed by atoms with E-state index in [0.717, 1.165) is 11.1 Å². The zero-order valence-corrected chi connectivity index (χ0v) is 18.3. The van der Waals surface area contributed by atoms with Crippen molar-refractivity contribution in [3.05, 3.63) is 98.6 Å². The van der Waals surface area contributed by atoms with E-state index in [4.69, 9.17) is 27.9 Å². The number of carbonyl (C=O) groups is 1. The van der Waals surface area contributed by atoms with E-state index in [1.807, 2.05) is 12.1 Å². The van der Waals surface area contributed by atoms with Crippen LogP contribution in [0.5, 0.6) is 5.75 Å². The number of amidine groups is 1. The predicted octanol–water partition coefficient (Wildman–Crippen LogP) is 6.60. The van der Waals surface area contributed by atoms with Crippen LogP contribution in [0.2, 0.25) is 10.0 Å². The molecule has 1 N–H and O–H groups in total. The van der Waals surface area contributed by atoms with Crippen LogP contribution in [0, 0.1) is 5.82 Å². The number of hydrogen-bond acceptors (Lipinski definition) is 4. The Morgan fingerprint density at radius 1 is 1.06 bits per heavy atom. The Morgan fingerprint density at radius 2 is 1.84 bits per heavy atom. The van der Waals surface area contributed by atoms with Crippen molar-refractivity contribution in [1.82, 2.24) is 5.32 Å². The van der Waals surface area contributed by atoms with Gasteiger partial charge in [0, 0.05) is 0 Å². The smallest absolute Gasteiger partial charge is 0.264 e. The van der Waals surface area contributed by atoms with Crippen molar-refractivity contribution in [2.75, 3.05) is 0 Å². The normalized spacial score (nSPS) is 16.0. The van der Waals surface area contributed by atoms with Gasteiger partial charge < -0.3 is 10.1 Å². The van der Waals surface area contributed by atoms with Crippen LogP contribution >= 0.6 is 35.0 Å². The second kappa shape index (κ2) is 9.56. The molecule has 0 radical (unpaired) electrons. The molecule has 4 rings (SSSR count). The standard InChI is InChI=1S/C23H15Cl2FN2O2S/c24-18-5-2-6-19(21(18)25)27-23-28-22(29)20(31-23)12-14-7-9-17(10-8-14)30-13-15-3-1-4-16(26)11-15/h1-12H,13H2,(H,27,28,29)/b20-12-. The fraction of sp³-hybridized carbons (Fsp3) is 0.0435. The van der Waals surface area contributed by atoms with Crippen LogP contribution < -0.4 is 10.1 Å². The van der Waals surface area contributed by atoms with Crippen molar-refractivity contribution in [1.29, 1.82) is 0 Å². The van der Waals surface area contributed by atoms with Gasteiger partial charge in [-0.1, -0.05) is 53.5 Å². The molecule has 0 saturated carbocycles. The summed E-state index contributed by atoms with van der Waals surface area (Å²) in [6.07, 6.45) is 1.76. The van der Waals surface area contributed by atoms with E-state index in [1.165, 1.54) is 23.9 Å². The second-order valence-corrected chi connectivity index (χ2v) is 8.36. The van der Waals surface area contributed by atoms with Crippen LogP contribution in [-0.2, 0) is 11.4 Å². The summed E-state index contributed by atoms with van der Waals surface area (Å²) >= 11 is 13.4.